The number of hydrogen-bond acceptors (Lipinski definition) is 5. The van der Waals surface area contributed by atoms with Crippen molar-refractivity contribution in [3.63, 3.8) is 0 Å². The minimum atomic E-state index is -4.73. The Labute approximate surface area is 86.2 Å². The number of amides is 1. The van der Waals surface area contributed by atoms with Gasteiger partial charge < -0.3 is 5.73 Å². The summed E-state index contributed by atoms with van der Waals surface area (Å²) in [5, 5.41) is 0. The van der Waals surface area contributed by atoms with Crippen LogP contribution in [0.3, 0.4) is 0 Å². The van der Waals surface area contributed by atoms with E-state index in [2.05, 4.69) is 0 Å². The van der Waals surface area contributed by atoms with Gasteiger partial charge in [-0.2, -0.15) is 8.42 Å². The zero-order valence-electron chi connectivity index (χ0n) is 7.53. The zero-order chi connectivity index (χ0) is 11.9. The van der Waals surface area contributed by atoms with E-state index >= 15 is 0 Å². The number of nitrogens with two attached hydrogens (primary N) is 2. The van der Waals surface area contributed by atoms with Crippen molar-refractivity contribution in [2.45, 2.75) is 12.5 Å². The molecule has 9 nitrogen and oxygen atoms in total. The van der Waals surface area contributed by atoms with E-state index in [0.717, 1.165) is 0 Å². The Hall–Kier alpha value is -0.510. The van der Waals surface area contributed by atoms with Crippen molar-refractivity contribution in [1.82, 2.24) is 9.16 Å². The molecule has 6 N–H and O–H groups in total. The fourth-order valence-electron chi connectivity index (χ4n) is 1.20. The third-order valence-electron chi connectivity index (χ3n) is 1.83. The first-order valence-electron chi connectivity index (χ1n) is 3.86. The summed E-state index contributed by atoms with van der Waals surface area (Å²) < 4.78 is 42.7. The Kier molecular flexibility index (Phi) is 3.19. The molecule has 11 heteroatoms. The summed E-state index contributed by atoms with van der Waals surface area (Å²) in [5.74, 6) is -0.711. The van der Waals surface area contributed by atoms with Crippen LogP contribution in [0.15, 0.2) is 0 Å². The molecular formula is C4H11N4O5PS. The van der Waals surface area contributed by atoms with Gasteiger partial charge in [0.2, 0.25) is 5.91 Å². The highest BCUT2D eigenvalue weighted by Gasteiger charge is 2.40. The molecule has 15 heavy (non-hydrogen) atoms. The average Bonchev–Trinajstić information content (AvgIpc) is 2.27. The summed E-state index contributed by atoms with van der Waals surface area (Å²) >= 11 is 0. The van der Waals surface area contributed by atoms with Gasteiger partial charge in [-0.3, -0.25) is 24.1 Å². The van der Waals surface area contributed by atoms with Crippen LogP contribution in [0.1, 0.15) is 6.42 Å². The van der Waals surface area contributed by atoms with Crippen molar-refractivity contribution in [2.24, 2.45) is 11.2 Å². The maximum Gasteiger partial charge on any atom is 0.341 e. The number of nitrogens with one attached hydrogen (secondary N) is 1. The molecule has 1 heterocycles. The van der Waals surface area contributed by atoms with Crippen LogP contribution in [0, 0.1) is 0 Å². The average molecular weight is 258 g/mol. The summed E-state index contributed by atoms with van der Waals surface area (Å²) in [7, 11) is -8.87. The van der Waals surface area contributed by atoms with Crippen LogP contribution in [-0.2, 0) is 19.7 Å². The first-order valence-corrected chi connectivity index (χ1v) is 7.03. The maximum atomic E-state index is 11.6. The largest absolute Gasteiger partial charge is 0.341 e. The van der Waals surface area contributed by atoms with Gasteiger partial charge in [-0.15, -0.1) is 4.49 Å². The fraction of sp³-hybridized carbons (Fsp3) is 0.750. The molecule has 0 unspecified atom stereocenters. The first-order chi connectivity index (χ1) is 6.63. The minimum Gasteiger partial charge on any atom is -0.320 e. The maximum absolute atomic E-state index is 11.6. The molecule has 1 saturated heterocycles. The highest BCUT2D eigenvalue weighted by atomic mass is 32.2. The molecule has 1 aliphatic heterocycles. The molecule has 0 radical (unpaired) electrons. The van der Waals surface area contributed by atoms with E-state index in [0.29, 0.717) is 4.67 Å². The van der Waals surface area contributed by atoms with E-state index in [9.17, 15) is 17.8 Å². The standard InChI is InChI=1S/C4H11N4O5PS/c5-3-1-2-8(4(3)9)14(6,10)7-15(11,12)13/h3H,1-2,5H2,(H3,6,7,10)(H,11,12,13)/t3-,14+/m1/s1. The molecule has 0 aromatic carbocycles. The predicted molar refractivity (Wildman–Crippen MR) is 50.8 cm³/mol. The Bertz CT molecular complexity index is 421. The molecule has 0 aromatic rings. The van der Waals surface area contributed by atoms with Crippen LogP contribution in [0.25, 0.3) is 0 Å². The summed E-state index contributed by atoms with van der Waals surface area (Å²) in [5.41, 5.74) is 10.4. The minimum absolute atomic E-state index is 0.0176. The second-order valence-corrected chi connectivity index (χ2v) is 6.45. The van der Waals surface area contributed by atoms with Crippen LogP contribution >= 0.6 is 7.59 Å². The van der Waals surface area contributed by atoms with Gasteiger partial charge >= 0.3 is 17.9 Å². The third kappa shape index (κ3) is 2.97. The lowest BCUT2D eigenvalue weighted by Crippen LogP contribution is -2.39. The van der Waals surface area contributed by atoms with Gasteiger partial charge in [0.1, 0.15) is 0 Å². The van der Waals surface area contributed by atoms with Gasteiger partial charge in [0.05, 0.1) is 6.04 Å². The van der Waals surface area contributed by atoms with Crippen molar-refractivity contribution in [2.75, 3.05) is 6.54 Å². The van der Waals surface area contributed by atoms with E-state index < -0.39 is 29.8 Å². The van der Waals surface area contributed by atoms with Crippen molar-refractivity contribution >= 4 is 23.8 Å². The molecule has 0 spiro atoms. The van der Waals surface area contributed by atoms with E-state index in [-0.39, 0.29) is 13.0 Å². The summed E-state index contributed by atoms with van der Waals surface area (Å²) in [6.07, 6.45) is 0.229. The lowest BCUT2D eigenvalue weighted by molar-refractivity contribution is -0.124. The quantitative estimate of drug-likeness (QED) is 0.337. The van der Waals surface area contributed by atoms with Crippen molar-refractivity contribution < 1.29 is 22.3 Å². The van der Waals surface area contributed by atoms with Crippen molar-refractivity contribution in [3.05, 3.63) is 0 Å². The lowest BCUT2D eigenvalue weighted by atomic mass is 10.3. The second kappa shape index (κ2) is 3.81. The SMILES string of the molecule is N[C@@H]1CCN([P@@](N)(=O)NS(=O)(=O)O)C1=O. The van der Waals surface area contributed by atoms with E-state index in [1.807, 2.05) is 0 Å². The summed E-state index contributed by atoms with van der Waals surface area (Å²) in [6, 6.07) is -0.843. The van der Waals surface area contributed by atoms with Crippen molar-refractivity contribution in [3.8, 4) is 0 Å². The van der Waals surface area contributed by atoms with Gasteiger partial charge in [-0.05, 0) is 6.42 Å². The van der Waals surface area contributed by atoms with Gasteiger partial charge in [0, 0.05) is 6.54 Å². The molecule has 88 valence electrons. The van der Waals surface area contributed by atoms with E-state index in [1.54, 1.807) is 0 Å². The molecule has 1 amide bonds. The molecule has 0 saturated carbocycles. The number of rotatable bonds is 3. The summed E-state index contributed by atoms with van der Waals surface area (Å²) in [4.78, 5) is 11.3. The van der Waals surface area contributed by atoms with Gasteiger partial charge in [0.15, 0.2) is 0 Å². The Morgan fingerprint density at radius 2 is 2.13 bits per heavy atom. The normalized spacial score (nSPS) is 26.7. The molecule has 1 fully saturated rings. The monoisotopic (exact) mass is 258 g/mol. The van der Waals surface area contributed by atoms with Crippen LogP contribution in [-0.4, -0.2) is 36.1 Å². The number of carbonyl (C=O) groups is 1. The Balaban J connectivity index is 2.88. The van der Waals surface area contributed by atoms with Gasteiger partial charge in [-0.25, -0.2) is 0 Å². The lowest BCUT2D eigenvalue weighted by Gasteiger charge is -2.22. The van der Waals surface area contributed by atoms with Crippen LogP contribution < -0.4 is 15.7 Å². The predicted octanol–water partition coefficient (Wildman–Crippen LogP) is -1.99. The molecular weight excluding hydrogens is 247 g/mol. The smallest absolute Gasteiger partial charge is 0.320 e. The third-order valence-corrected chi connectivity index (χ3v) is 4.91. The van der Waals surface area contributed by atoms with E-state index in [1.165, 1.54) is 4.49 Å². The Morgan fingerprint density at radius 3 is 2.47 bits per heavy atom. The highest BCUT2D eigenvalue weighted by Crippen LogP contribution is 2.40. The first kappa shape index (κ1) is 12.6. The number of carbonyl (C=O) groups excluding carboxylic acids is 1. The summed E-state index contributed by atoms with van der Waals surface area (Å²) in [6.45, 7) is -0.0176. The Morgan fingerprint density at radius 1 is 1.60 bits per heavy atom. The number of nitrogens with zero attached hydrogens (tertiary/aromatic N) is 1. The van der Waals surface area contributed by atoms with Gasteiger partial charge in [0.25, 0.3) is 0 Å². The molecule has 2 atom stereocenters. The second-order valence-electron chi connectivity index (χ2n) is 3.05. The molecule has 1 rings (SSSR count). The van der Waals surface area contributed by atoms with Crippen LogP contribution in [0.2, 0.25) is 0 Å². The van der Waals surface area contributed by atoms with Gasteiger partial charge in [-0.1, -0.05) is 0 Å². The molecule has 0 bridgehead atoms. The number of hydrogen-bond donors (Lipinski definition) is 4. The zero-order valence-corrected chi connectivity index (χ0v) is 9.24. The molecule has 1 aliphatic rings. The van der Waals surface area contributed by atoms with E-state index in [4.69, 9.17) is 15.8 Å². The molecule has 0 aliphatic carbocycles. The van der Waals surface area contributed by atoms with Crippen molar-refractivity contribution in [1.29, 1.82) is 0 Å². The fourth-order valence-corrected chi connectivity index (χ4v) is 3.77. The van der Waals surface area contributed by atoms with Crippen LogP contribution in [0.5, 0.6) is 0 Å². The topological polar surface area (TPSA) is 156 Å². The highest BCUT2D eigenvalue weighted by molar-refractivity contribution is 7.90. The molecule has 0 aromatic heterocycles. The van der Waals surface area contributed by atoms with Crippen LogP contribution in [0.4, 0.5) is 0 Å².